The van der Waals surface area contributed by atoms with E-state index in [1.807, 2.05) is 0 Å². The van der Waals surface area contributed by atoms with Crippen molar-refractivity contribution in [3.05, 3.63) is 34.1 Å². The van der Waals surface area contributed by atoms with E-state index in [4.69, 9.17) is 11.6 Å². The third kappa shape index (κ3) is 1.59. The summed E-state index contributed by atoms with van der Waals surface area (Å²) in [5.41, 5.74) is 1.41. The van der Waals surface area contributed by atoms with Crippen molar-refractivity contribution in [1.29, 1.82) is 0 Å². The topological polar surface area (TPSA) is 17.1 Å². The van der Waals surface area contributed by atoms with Gasteiger partial charge in [0.25, 0.3) is 0 Å². The van der Waals surface area contributed by atoms with Gasteiger partial charge in [-0.1, -0.05) is 11.6 Å². The van der Waals surface area contributed by atoms with Gasteiger partial charge in [-0.15, -0.1) is 0 Å². The first-order valence-electron chi connectivity index (χ1n) is 4.15. The number of fused-ring (bicyclic) bond motifs is 1. The summed E-state index contributed by atoms with van der Waals surface area (Å²) in [5.74, 6) is -0.121. The van der Waals surface area contributed by atoms with Crippen LogP contribution in [0.4, 0.5) is 4.39 Å². The minimum Gasteiger partial charge on any atom is -0.299 e. The predicted octanol–water partition coefficient (Wildman–Crippen LogP) is 2.54. The molecule has 1 aromatic carbocycles. The van der Waals surface area contributed by atoms with Crippen molar-refractivity contribution in [2.45, 2.75) is 19.3 Å². The smallest absolute Gasteiger partial charge is 0.137 e. The number of rotatable bonds is 0. The average Bonchev–Trinajstić information content (AvgIpc) is 2.02. The van der Waals surface area contributed by atoms with Gasteiger partial charge in [0.15, 0.2) is 0 Å². The number of hydrogen-bond donors (Lipinski definition) is 0. The zero-order chi connectivity index (χ0) is 9.42. The van der Waals surface area contributed by atoms with Crippen LogP contribution in [0.3, 0.4) is 0 Å². The Kier molecular flexibility index (Phi) is 2.08. The van der Waals surface area contributed by atoms with Crippen molar-refractivity contribution in [2.75, 3.05) is 0 Å². The molecular weight excluding hydrogens is 191 g/mol. The van der Waals surface area contributed by atoms with E-state index < -0.39 is 0 Å². The maximum Gasteiger partial charge on any atom is 0.137 e. The number of halogens is 2. The lowest BCUT2D eigenvalue weighted by molar-refractivity contribution is -0.118. The highest BCUT2D eigenvalue weighted by atomic mass is 35.5. The van der Waals surface area contributed by atoms with Gasteiger partial charge in [-0.3, -0.25) is 4.79 Å². The van der Waals surface area contributed by atoms with Crippen LogP contribution in [0, 0.1) is 5.82 Å². The van der Waals surface area contributed by atoms with Crippen LogP contribution in [0.15, 0.2) is 12.1 Å². The van der Waals surface area contributed by atoms with Crippen LogP contribution in [0.5, 0.6) is 0 Å². The summed E-state index contributed by atoms with van der Waals surface area (Å²) >= 11 is 5.68. The van der Waals surface area contributed by atoms with E-state index in [0.29, 0.717) is 29.8 Å². The number of carbonyl (C=O) groups excluding carboxylic acids is 1. The van der Waals surface area contributed by atoms with Gasteiger partial charge in [-0.25, -0.2) is 4.39 Å². The molecule has 0 N–H and O–H groups in total. The van der Waals surface area contributed by atoms with E-state index in [9.17, 15) is 9.18 Å². The minimum absolute atomic E-state index is 0.161. The van der Waals surface area contributed by atoms with Crippen molar-refractivity contribution in [3.63, 3.8) is 0 Å². The highest BCUT2D eigenvalue weighted by Crippen LogP contribution is 2.25. The first kappa shape index (κ1) is 8.70. The van der Waals surface area contributed by atoms with Gasteiger partial charge < -0.3 is 0 Å². The Balaban J connectivity index is 2.53. The van der Waals surface area contributed by atoms with Crippen LogP contribution in [0.25, 0.3) is 0 Å². The second-order valence-corrected chi connectivity index (χ2v) is 3.68. The number of hydrogen-bond acceptors (Lipinski definition) is 1. The van der Waals surface area contributed by atoms with Crippen molar-refractivity contribution >= 4 is 17.4 Å². The molecule has 0 atom stereocenters. The van der Waals surface area contributed by atoms with E-state index >= 15 is 0 Å². The molecule has 0 aliphatic heterocycles. The molecule has 0 aromatic heterocycles. The second-order valence-electron chi connectivity index (χ2n) is 3.24. The standard InChI is InChI=1S/C10H8ClFO/c11-7-3-6-4-8(13)1-2-9(6)10(12)5-7/h3,5H,1-2,4H2. The Hall–Kier alpha value is -0.890. The molecule has 0 fully saturated rings. The van der Waals surface area contributed by atoms with Crippen LogP contribution in [0.1, 0.15) is 17.5 Å². The lowest BCUT2D eigenvalue weighted by Crippen LogP contribution is -2.14. The lowest BCUT2D eigenvalue weighted by Gasteiger charge is -2.15. The predicted molar refractivity (Wildman–Crippen MR) is 48.4 cm³/mol. The molecule has 3 heteroatoms. The van der Waals surface area contributed by atoms with Gasteiger partial charge in [0, 0.05) is 17.9 Å². The number of ketones is 1. The summed E-state index contributed by atoms with van der Waals surface area (Å²) < 4.78 is 13.3. The molecular formula is C10H8ClFO. The molecule has 0 amide bonds. The highest BCUT2D eigenvalue weighted by Gasteiger charge is 2.19. The number of carbonyl (C=O) groups is 1. The summed E-state index contributed by atoms with van der Waals surface area (Å²) in [7, 11) is 0. The van der Waals surface area contributed by atoms with Crippen LogP contribution in [-0.4, -0.2) is 5.78 Å². The van der Waals surface area contributed by atoms with Crippen LogP contribution in [0.2, 0.25) is 5.02 Å². The summed E-state index contributed by atoms with van der Waals surface area (Å²) in [5, 5.41) is 0.367. The molecule has 0 heterocycles. The van der Waals surface area contributed by atoms with E-state index in [-0.39, 0.29) is 11.6 Å². The van der Waals surface area contributed by atoms with Gasteiger partial charge in [0.05, 0.1) is 0 Å². The maximum atomic E-state index is 13.3. The normalized spacial score (nSPS) is 15.7. The Morgan fingerprint density at radius 2 is 2.08 bits per heavy atom. The quantitative estimate of drug-likeness (QED) is 0.626. The summed E-state index contributed by atoms with van der Waals surface area (Å²) in [4.78, 5) is 11.1. The molecule has 1 aliphatic carbocycles. The van der Waals surface area contributed by atoms with Crippen molar-refractivity contribution in [1.82, 2.24) is 0 Å². The third-order valence-corrected chi connectivity index (χ3v) is 2.51. The van der Waals surface area contributed by atoms with Gasteiger partial charge in [-0.2, -0.15) is 0 Å². The summed E-state index contributed by atoms with van der Waals surface area (Å²) in [6.45, 7) is 0. The van der Waals surface area contributed by atoms with Crippen molar-refractivity contribution in [2.24, 2.45) is 0 Å². The van der Waals surface area contributed by atoms with Crippen LogP contribution < -0.4 is 0 Å². The lowest BCUT2D eigenvalue weighted by atomic mass is 9.90. The number of benzene rings is 1. The van der Waals surface area contributed by atoms with Gasteiger partial charge in [-0.05, 0) is 29.7 Å². The zero-order valence-corrected chi connectivity index (χ0v) is 7.70. The number of Topliss-reactive ketones (excluding diaryl/α,β-unsaturated/α-hetero) is 1. The van der Waals surface area contributed by atoms with Gasteiger partial charge in [0.2, 0.25) is 0 Å². The second kappa shape index (κ2) is 3.11. The zero-order valence-electron chi connectivity index (χ0n) is 6.94. The van der Waals surface area contributed by atoms with E-state index in [1.54, 1.807) is 6.07 Å². The fourth-order valence-corrected chi connectivity index (χ4v) is 1.89. The van der Waals surface area contributed by atoms with E-state index in [2.05, 4.69) is 0 Å². The van der Waals surface area contributed by atoms with Crippen molar-refractivity contribution < 1.29 is 9.18 Å². The van der Waals surface area contributed by atoms with Gasteiger partial charge >= 0.3 is 0 Å². The maximum absolute atomic E-state index is 13.3. The molecule has 0 unspecified atom stereocenters. The summed E-state index contributed by atoms with van der Waals surface area (Å²) in [6.07, 6.45) is 1.29. The SMILES string of the molecule is O=C1CCc2c(F)cc(Cl)cc2C1. The van der Waals surface area contributed by atoms with Crippen LogP contribution >= 0.6 is 11.6 Å². The molecule has 0 radical (unpaired) electrons. The Morgan fingerprint density at radius 1 is 1.31 bits per heavy atom. The fraction of sp³-hybridized carbons (Fsp3) is 0.300. The Morgan fingerprint density at radius 3 is 2.85 bits per heavy atom. The monoisotopic (exact) mass is 198 g/mol. The Bertz CT molecular complexity index is 373. The molecule has 0 saturated heterocycles. The average molecular weight is 199 g/mol. The molecule has 1 aromatic rings. The molecule has 0 spiro atoms. The third-order valence-electron chi connectivity index (χ3n) is 2.29. The first-order chi connectivity index (χ1) is 6.16. The summed E-state index contributed by atoms with van der Waals surface area (Å²) in [6, 6.07) is 2.98. The molecule has 0 saturated carbocycles. The first-order valence-corrected chi connectivity index (χ1v) is 4.53. The molecule has 1 nitrogen and oxygen atoms in total. The minimum atomic E-state index is -0.282. The van der Waals surface area contributed by atoms with E-state index in [1.165, 1.54) is 6.07 Å². The Labute approximate surface area is 80.5 Å². The largest absolute Gasteiger partial charge is 0.299 e. The van der Waals surface area contributed by atoms with Crippen LogP contribution in [-0.2, 0) is 17.6 Å². The highest BCUT2D eigenvalue weighted by molar-refractivity contribution is 6.30. The molecule has 68 valence electrons. The molecule has 1 aliphatic rings. The fourth-order valence-electron chi connectivity index (χ4n) is 1.66. The van der Waals surface area contributed by atoms with Crippen molar-refractivity contribution in [3.8, 4) is 0 Å². The van der Waals surface area contributed by atoms with E-state index in [0.717, 1.165) is 5.56 Å². The molecule has 0 bridgehead atoms. The molecule has 2 rings (SSSR count). The molecule has 13 heavy (non-hydrogen) atoms. The van der Waals surface area contributed by atoms with Gasteiger partial charge in [0.1, 0.15) is 11.6 Å².